The van der Waals surface area contributed by atoms with Gasteiger partial charge in [0.15, 0.2) is 0 Å². The molecule has 21 heavy (non-hydrogen) atoms. The Labute approximate surface area is 132 Å². The van der Waals surface area contributed by atoms with Crippen LogP contribution in [0.1, 0.15) is 25.8 Å². The van der Waals surface area contributed by atoms with Crippen molar-refractivity contribution in [3.63, 3.8) is 0 Å². The molecule has 4 nitrogen and oxygen atoms in total. The molecule has 0 radical (unpaired) electrons. The van der Waals surface area contributed by atoms with Gasteiger partial charge in [0.1, 0.15) is 17.4 Å². The number of benzene rings is 1. The maximum atomic E-state index is 12.2. The molecule has 0 aliphatic carbocycles. The third-order valence-corrected chi connectivity index (χ3v) is 4.21. The van der Waals surface area contributed by atoms with Gasteiger partial charge in [-0.15, -0.1) is 6.42 Å². The molecule has 0 saturated heterocycles. The topological polar surface area (TPSA) is 44.1 Å². The Kier molecular flexibility index (Phi) is 4.40. The third kappa shape index (κ3) is 3.46. The van der Waals surface area contributed by atoms with Crippen LogP contribution in [0.4, 0.5) is 0 Å². The number of ether oxygens (including phenoxy) is 1. The quantitative estimate of drug-likeness (QED) is 0.815. The molecule has 0 aliphatic rings. The van der Waals surface area contributed by atoms with Crippen molar-refractivity contribution in [1.82, 2.24) is 9.78 Å². The molecule has 6 heteroatoms. The van der Waals surface area contributed by atoms with E-state index < -0.39 is 0 Å². The van der Waals surface area contributed by atoms with E-state index in [2.05, 4.69) is 11.0 Å². The first-order valence-electron chi connectivity index (χ1n) is 6.30. The van der Waals surface area contributed by atoms with Crippen LogP contribution in [0, 0.1) is 12.3 Å². The molecule has 1 aromatic heterocycles. The SMILES string of the molecule is C#CCOc1ccc(Cl)c(-n2nc(C(C)(C)C)sc2=O)c1. The van der Waals surface area contributed by atoms with Crippen molar-refractivity contribution >= 4 is 22.9 Å². The van der Waals surface area contributed by atoms with E-state index in [1.54, 1.807) is 18.2 Å². The number of nitrogens with zero attached hydrogens (tertiary/aromatic N) is 2. The molecule has 0 spiro atoms. The molecule has 110 valence electrons. The first-order valence-corrected chi connectivity index (χ1v) is 7.49. The number of terminal acetylenes is 1. The lowest BCUT2D eigenvalue weighted by molar-refractivity contribution is 0.370. The van der Waals surface area contributed by atoms with Crippen molar-refractivity contribution in [3.05, 3.63) is 37.9 Å². The minimum atomic E-state index is -0.195. The second kappa shape index (κ2) is 5.92. The van der Waals surface area contributed by atoms with Crippen molar-refractivity contribution < 1.29 is 4.74 Å². The molecule has 2 aromatic rings. The molecule has 0 fully saturated rings. The molecule has 2 rings (SSSR count). The lowest BCUT2D eigenvalue weighted by Crippen LogP contribution is -2.14. The minimum Gasteiger partial charge on any atom is -0.481 e. The van der Waals surface area contributed by atoms with E-state index in [1.165, 1.54) is 4.68 Å². The minimum absolute atomic E-state index is 0.153. The van der Waals surface area contributed by atoms with E-state index in [0.717, 1.165) is 16.3 Å². The number of rotatable bonds is 3. The van der Waals surface area contributed by atoms with Crippen molar-refractivity contribution in [2.75, 3.05) is 6.61 Å². The molecular formula is C15H15ClN2O2S. The zero-order valence-electron chi connectivity index (χ0n) is 12.0. The van der Waals surface area contributed by atoms with Gasteiger partial charge in [0, 0.05) is 11.5 Å². The van der Waals surface area contributed by atoms with Crippen molar-refractivity contribution in [2.45, 2.75) is 26.2 Å². The summed E-state index contributed by atoms with van der Waals surface area (Å²) in [5.41, 5.74) is 0.294. The van der Waals surface area contributed by atoms with E-state index in [1.807, 2.05) is 20.8 Å². The van der Waals surface area contributed by atoms with Crippen LogP contribution in [0.3, 0.4) is 0 Å². The molecule has 0 unspecified atom stereocenters. The standard InChI is InChI=1S/C15H15ClN2O2S/c1-5-8-20-10-6-7-11(16)12(9-10)18-14(19)21-13(17-18)15(2,3)4/h1,6-7,9H,8H2,2-4H3. The van der Waals surface area contributed by atoms with Gasteiger partial charge in [0.2, 0.25) is 0 Å². The Bertz CT molecular complexity index is 750. The highest BCUT2D eigenvalue weighted by Crippen LogP contribution is 2.27. The predicted octanol–water partition coefficient (Wildman–Crippen LogP) is 3.26. The van der Waals surface area contributed by atoms with E-state index >= 15 is 0 Å². The molecule has 0 aliphatic heterocycles. The van der Waals surface area contributed by atoms with Gasteiger partial charge in [0.25, 0.3) is 0 Å². The van der Waals surface area contributed by atoms with E-state index in [0.29, 0.717) is 16.5 Å². The number of hydrogen-bond acceptors (Lipinski definition) is 4. The maximum absolute atomic E-state index is 12.2. The average molecular weight is 323 g/mol. The van der Waals surface area contributed by atoms with Crippen LogP contribution in [0.25, 0.3) is 5.69 Å². The van der Waals surface area contributed by atoms with Crippen molar-refractivity contribution in [1.29, 1.82) is 0 Å². The van der Waals surface area contributed by atoms with Crippen LogP contribution in [0.2, 0.25) is 5.02 Å². The summed E-state index contributed by atoms with van der Waals surface area (Å²) in [7, 11) is 0. The fraction of sp³-hybridized carbons (Fsp3) is 0.333. The molecule has 0 atom stereocenters. The Hall–Kier alpha value is -1.77. The second-order valence-corrected chi connectivity index (χ2v) is 6.79. The molecule has 1 aromatic carbocycles. The highest BCUT2D eigenvalue weighted by atomic mass is 35.5. The van der Waals surface area contributed by atoms with E-state index in [4.69, 9.17) is 22.8 Å². The first-order chi connectivity index (χ1) is 9.82. The lowest BCUT2D eigenvalue weighted by Gasteiger charge is -2.13. The van der Waals surface area contributed by atoms with Gasteiger partial charge in [-0.1, -0.05) is 49.6 Å². The predicted molar refractivity (Wildman–Crippen MR) is 85.7 cm³/mol. The summed E-state index contributed by atoms with van der Waals surface area (Å²) >= 11 is 7.28. The molecule has 0 amide bonds. The summed E-state index contributed by atoms with van der Waals surface area (Å²) in [5, 5.41) is 5.55. The fourth-order valence-electron chi connectivity index (χ4n) is 1.60. The van der Waals surface area contributed by atoms with Crippen LogP contribution in [0.15, 0.2) is 23.0 Å². The summed E-state index contributed by atoms with van der Waals surface area (Å²) in [6, 6.07) is 5.02. The smallest absolute Gasteiger partial charge is 0.329 e. The van der Waals surface area contributed by atoms with E-state index in [9.17, 15) is 4.79 Å². The van der Waals surface area contributed by atoms with Crippen molar-refractivity contribution in [2.24, 2.45) is 0 Å². The first kappa shape index (κ1) is 15.6. The van der Waals surface area contributed by atoms with E-state index in [-0.39, 0.29) is 16.9 Å². The number of aromatic nitrogens is 2. The number of hydrogen-bond donors (Lipinski definition) is 0. The van der Waals surface area contributed by atoms with Crippen LogP contribution < -0.4 is 9.61 Å². The molecule has 0 N–H and O–H groups in total. The normalized spacial score (nSPS) is 11.2. The van der Waals surface area contributed by atoms with Crippen LogP contribution >= 0.6 is 22.9 Å². The molecular weight excluding hydrogens is 308 g/mol. The molecule has 1 heterocycles. The van der Waals surface area contributed by atoms with Crippen LogP contribution in [-0.2, 0) is 5.41 Å². The fourth-order valence-corrected chi connectivity index (χ4v) is 2.62. The number of halogens is 1. The Morgan fingerprint density at radius 2 is 2.19 bits per heavy atom. The van der Waals surface area contributed by atoms with Crippen molar-refractivity contribution in [3.8, 4) is 23.8 Å². The zero-order valence-corrected chi connectivity index (χ0v) is 13.6. The maximum Gasteiger partial charge on any atom is 0.329 e. The highest BCUT2D eigenvalue weighted by Gasteiger charge is 2.21. The Morgan fingerprint density at radius 1 is 1.48 bits per heavy atom. The van der Waals surface area contributed by atoms with Gasteiger partial charge in [-0.3, -0.25) is 4.79 Å². The zero-order chi connectivity index (χ0) is 15.6. The summed E-state index contributed by atoms with van der Waals surface area (Å²) in [5.74, 6) is 2.93. The Morgan fingerprint density at radius 3 is 2.76 bits per heavy atom. The summed E-state index contributed by atoms with van der Waals surface area (Å²) < 4.78 is 6.65. The summed E-state index contributed by atoms with van der Waals surface area (Å²) in [4.78, 5) is 12.0. The van der Waals surface area contributed by atoms with Gasteiger partial charge >= 0.3 is 4.87 Å². The van der Waals surface area contributed by atoms with Gasteiger partial charge in [-0.05, 0) is 12.1 Å². The largest absolute Gasteiger partial charge is 0.481 e. The third-order valence-electron chi connectivity index (χ3n) is 2.66. The average Bonchev–Trinajstić information content (AvgIpc) is 2.80. The lowest BCUT2D eigenvalue weighted by atomic mass is 9.98. The van der Waals surface area contributed by atoms with Gasteiger partial charge in [-0.2, -0.15) is 9.78 Å². The van der Waals surface area contributed by atoms with Gasteiger partial charge in [0.05, 0.1) is 10.7 Å². The second-order valence-electron chi connectivity index (χ2n) is 5.44. The Balaban J connectivity index is 2.49. The monoisotopic (exact) mass is 322 g/mol. The van der Waals surface area contributed by atoms with Gasteiger partial charge in [-0.25, -0.2) is 0 Å². The molecule has 0 saturated carbocycles. The highest BCUT2D eigenvalue weighted by molar-refractivity contribution is 7.09. The summed E-state index contributed by atoms with van der Waals surface area (Å²) in [6.07, 6.45) is 5.16. The molecule has 0 bridgehead atoms. The van der Waals surface area contributed by atoms with Crippen LogP contribution in [0.5, 0.6) is 5.75 Å². The van der Waals surface area contributed by atoms with Gasteiger partial charge < -0.3 is 4.74 Å². The summed E-state index contributed by atoms with van der Waals surface area (Å²) in [6.45, 7) is 6.16. The van der Waals surface area contributed by atoms with Crippen LogP contribution in [-0.4, -0.2) is 16.4 Å².